The van der Waals surface area contributed by atoms with Crippen LogP contribution in [0.2, 0.25) is 13.3 Å². The maximum absolute atomic E-state index is 2.49. The molecule has 1 heteroatoms. The molecule has 0 aromatic heterocycles. The summed E-state index contributed by atoms with van der Waals surface area (Å²) in [6, 6.07) is 0. The Morgan fingerprint density at radius 2 is 1.86 bits per heavy atom. The Kier molecular flexibility index (Phi) is 4.19. The van der Waals surface area contributed by atoms with Crippen LogP contribution in [-0.2, 0) is 0 Å². The molecular formula is C6H15Sn. The van der Waals surface area contributed by atoms with Crippen LogP contribution < -0.4 is 0 Å². The number of rotatable bonds is 2. The first-order chi connectivity index (χ1) is 3.18. The summed E-state index contributed by atoms with van der Waals surface area (Å²) in [5.74, 6) is 0. The van der Waals surface area contributed by atoms with E-state index in [1.807, 2.05) is 0 Å². The van der Waals surface area contributed by atoms with Crippen molar-refractivity contribution in [2.75, 3.05) is 0 Å². The summed E-state index contributed by atoms with van der Waals surface area (Å²) in [5.41, 5.74) is 0. The Morgan fingerprint density at radius 1 is 1.43 bits per heavy atom. The summed E-state index contributed by atoms with van der Waals surface area (Å²) in [5, 5.41) is 0. The van der Waals surface area contributed by atoms with E-state index in [0.29, 0.717) is 0 Å². The van der Waals surface area contributed by atoms with Crippen molar-refractivity contribution in [2.45, 2.75) is 34.1 Å². The van der Waals surface area contributed by atoms with Crippen LogP contribution in [0.1, 0.15) is 20.8 Å². The van der Waals surface area contributed by atoms with Gasteiger partial charge in [0, 0.05) is 0 Å². The molecule has 0 aliphatic rings. The van der Waals surface area contributed by atoms with Crippen LogP contribution in [0.5, 0.6) is 0 Å². The monoisotopic (exact) mass is 207 g/mol. The fraction of sp³-hybridized carbons (Fsp3) is 1.00. The van der Waals surface area contributed by atoms with Gasteiger partial charge in [-0.2, -0.15) is 0 Å². The van der Waals surface area contributed by atoms with Crippen molar-refractivity contribution in [3.8, 4) is 0 Å². The molecule has 0 bridgehead atoms. The van der Waals surface area contributed by atoms with Crippen LogP contribution in [0.4, 0.5) is 0 Å². The summed E-state index contributed by atoms with van der Waals surface area (Å²) in [7, 11) is 0. The zero-order valence-corrected chi connectivity index (χ0v) is 8.64. The molecule has 0 aliphatic carbocycles. The van der Waals surface area contributed by atoms with Crippen LogP contribution in [0.15, 0.2) is 0 Å². The molecule has 43 valence electrons. The predicted molar refractivity (Wildman–Crippen MR) is 37.2 cm³/mol. The van der Waals surface area contributed by atoms with Crippen molar-refractivity contribution in [2.24, 2.45) is 0 Å². The maximum atomic E-state index is 2.49. The van der Waals surface area contributed by atoms with Crippen LogP contribution in [0.3, 0.4) is 0 Å². The normalized spacial score (nSPS) is 11.1. The van der Waals surface area contributed by atoms with Crippen molar-refractivity contribution in [1.29, 1.82) is 0 Å². The van der Waals surface area contributed by atoms with Crippen LogP contribution in [0, 0.1) is 0 Å². The fourth-order valence-electron chi connectivity index (χ4n) is 0.408. The molecular weight excluding hydrogens is 191 g/mol. The first-order valence-electron chi connectivity index (χ1n) is 3.00. The van der Waals surface area contributed by atoms with Gasteiger partial charge in [-0.05, 0) is 0 Å². The Morgan fingerprint density at radius 3 is 1.86 bits per heavy atom. The van der Waals surface area contributed by atoms with Gasteiger partial charge in [-0.1, -0.05) is 0 Å². The van der Waals surface area contributed by atoms with Gasteiger partial charge in [-0.15, -0.1) is 0 Å². The molecule has 0 atom stereocenters. The van der Waals surface area contributed by atoms with E-state index < -0.39 is 19.8 Å². The quantitative estimate of drug-likeness (QED) is 0.609. The Hall–Kier alpha value is 0.799. The van der Waals surface area contributed by atoms with E-state index in [0.717, 1.165) is 3.93 Å². The summed E-state index contributed by atoms with van der Waals surface area (Å²) < 4.78 is 2.58. The average Bonchev–Trinajstić information content (AvgIpc) is 1.65. The van der Waals surface area contributed by atoms with Gasteiger partial charge >= 0.3 is 53.8 Å². The second-order valence-electron chi connectivity index (χ2n) is 2.35. The SMILES string of the molecule is C[CH2][Sn]([CH3])[CH](C)C. The second-order valence-corrected chi connectivity index (χ2v) is 12.5. The van der Waals surface area contributed by atoms with Crippen LogP contribution in [0.25, 0.3) is 0 Å². The van der Waals surface area contributed by atoms with Gasteiger partial charge in [0.15, 0.2) is 0 Å². The standard InChI is InChI=1S/C3H7.C2H5.CH3.Sn/c1-3-2;1-2;;/h3H,1-2H3;1H2,2H3;1H3;. The molecule has 0 amide bonds. The summed E-state index contributed by atoms with van der Waals surface area (Å²) in [6.45, 7) is 7.05. The molecule has 0 N–H and O–H groups in total. The predicted octanol–water partition coefficient (Wildman–Crippen LogP) is 2.54. The Labute approximate surface area is 54.0 Å². The van der Waals surface area contributed by atoms with Crippen LogP contribution in [-0.4, -0.2) is 19.8 Å². The van der Waals surface area contributed by atoms with Crippen molar-refractivity contribution in [3.63, 3.8) is 0 Å². The van der Waals surface area contributed by atoms with E-state index in [4.69, 9.17) is 0 Å². The first-order valence-corrected chi connectivity index (χ1v) is 9.52. The van der Waals surface area contributed by atoms with E-state index >= 15 is 0 Å². The van der Waals surface area contributed by atoms with E-state index in [9.17, 15) is 0 Å². The van der Waals surface area contributed by atoms with Crippen molar-refractivity contribution >= 4 is 19.8 Å². The second kappa shape index (κ2) is 3.76. The topological polar surface area (TPSA) is 0 Å². The molecule has 0 fully saturated rings. The van der Waals surface area contributed by atoms with Crippen LogP contribution >= 0.6 is 0 Å². The van der Waals surface area contributed by atoms with E-state index in [-0.39, 0.29) is 0 Å². The molecule has 0 aliphatic heterocycles. The van der Waals surface area contributed by atoms with Crippen molar-refractivity contribution in [1.82, 2.24) is 0 Å². The third kappa shape index (κ3) is 3.39. The molecule has 0 unspecified atom stereocenters. The Balaban J connectivity index is 3.14. The van der Waals surface area contributed by atoms with E-state index in [1.54, 1.807) is 0 Å². The first kappa shape index (κ1) is 7.80. The third-order valence-electron chi connectivity index (χ3n) is 1.54. The molecule has 0 aromatic carbocycles. The number of hydrogen-bond donors (Lipinski definition) is 0. The molecule has 1 radical (unpaired) electrons. The van der Waals surface area contributed by atoms with E-state index in [2.05, 4.69) is 25.7 Å². The molecule has 0 aromatic rings. The molecule has 0 saturated heterocycles. The number of hydrogen-bond acceptors (Lipinski definition) is 0. The summed E-state index contributed by atoms with van der Waals surface area (Å²) >= 11 is -0.736. The van der Waals surface area contributed by atoms with Gasteiger partial charge in [-0.25, -0.2) is 0 Å². The molecule has 0 nitrogen and oxygen atoms in total. The summed E-state index contributed by atoms with van der Waals surface area (Å²) in [4.78, 5) is 2.49. The third-order valence-corrected chi connectivity index (χ3v) is 10.4. The van der Waals surface area contributed by atoms with Gasteiger partial charge in [0.1, 0.15) is 0 Å². The zero-order valence-electron chi connectivity index (χ0n) is 5.78. The molecule has 0 heterocycles. The van der Waals surface area contributed by atoms with Gasteiger partial charge < -0.3 is 0 Å². The fourth-order valence-corrected chi connectivity index (χ4v) is 2.74. The molecule has 7 heavy (non-hydrogen) atoms. The molecule has 0 rings (SSSR count). The summed E-state index contributed by atoms with van der Waals surface area (Å²) in [6.07, 6.45) is 0. The van der Waals surface area contributed by atoms with E-state index in [1.165, 1.54) is 4.44 Å². The minimum atomic E-state index is -0.736. The minimum absolute atomic E-state index is 0.736. The van der Waals surface area contributed by atoms with Crippen molar-refractivity contribution < 1.29 is 0 Å². The van der Waals surface area contributed by atoms with Gasteiger partial charge in [-0.3, -0.25) is 0 Å². The molecule has 0 saturated carbocycles. The Bertz CT molecular complexity index is 41.4. The van der Waals surface area contributed by atoms with Gasteiger partial charge in [0.25, 0.3) is 0 Å². The zero-order chi connectivity index (χ0) is 5.86. The van der Waals surface area contributed by atoms with Crippen molar-refractivity contribution in [3.05, 3.63) is 0 Å². The van der Waals surface area contributed by atoms with Gasteiger partial charge in [0.2, 0.25) is 0 Å². The van der Waals surface area contributed by atoms with Gasteiger partial charge in [0.05, 0.1) is 0 Å². The molecule has 0 spiro atoms. The average molecular weight is 206 g/mol.